The van der Waals surface area contributed by atoms with Crippen LogP contribution in [0.1, 0.15) is 38.2 Å². The van der Waals surface area contributed by atoms with Gasteiger partial charge in [-0.15, -0.1) is 0 Å². The lowest BCUT2D eigenvalue weighted by molar-refractivity contribution is -0.144. The summed E-state index contributed by atoms with van der Waals surface area (Å²) in [5.41, 5.74) is 1.08. The Morgan fingerprint density at radius 1 is 1.26 bits per heavy atom. The van der Waals surface area contributed by atoms with Crippen molar-refractivity contribution in [2.24, 2.45) is 5.41 Å². The van der Waals surface area contributed by atoms with E-state index in [-0.39, 0.29) is 23.3 Å². The van der Waals surface area contributed by atoms with E-state index in [1.807, 2.05) is 41.0 Å². The Hall–Kier alpha value is -2.08. The van der Waals surface area contributed by atoms with Crippen LogP contribution in [0, 0.1) is 5.41 Å². The van der Waals surface area contributed by atoms with Gasteiger partial charge in [0.25, 0.3) is 5.91 Å². The zero-order valence-electron chi connectivity index (χ0n) is 16.6. The van der Waals surface area contributed by atoms with E-state index in [0.29, 0.717) is 32.5 Å². The molecule has 6 nitrogen and oxygen atoms in total. The number of nitrogens with zero attached hydrogens (tertiary/aromatic N) is 2. The molecule has 2 amide bonds. The molecule has 0 radical (unpaired) electrons. The van der Waals surface area contributed by atoms with E-state index >= 15 is 0 Å². The molecule has 1 atom stereocenters. The molecule has 0 bridgehead atoms. The molecule has 6 heteroatoms. The van der Waals surface area contributed by atoms with Gasteiger partial charge in [-0.1, -0.05) is 19.1 Å². The van der Waals surface area contributed by atoms with Crippen molar-refractivity contribution in [3.63, 3.8) is 0 Å². The third kappa shape index (κ3) is 4.26. The summed E-state index contributed by atoms with van der Waals surface area (Å²) in [6.07, 6.45) is 2.66. The number of carbonyl (C=O) groups excluding carboxylic acids is 2. The fourth-order valence-electron chi connectivity index (χ4n) is 4.30. The first-order chi connectivity index (χ1) is 13.0. The van der Waals surface area contributed by atoms with Crippen molar-refractivity contribution in [3.8, 4) is 5.75 Å². The van der Waals surface area contributed by atoms with Crippen LogP contribution in [0.25, 0.3) is 0 Å². The van der Waals surface area contributed by atoms with Crippen LogP contribution in [0.15, 0.2) is 24.3 Å². The third-order valence-electron chi connectivity index (χ3n) is 5.98. The lowest BCUT2D eigenvalue weighted by Crippen LogP contribution is -2.48. The highest BCUT2D eigenvalue weighted by atomic mass is 16.5. The van der Waals surface area contributed by atoms with Gasteiger partial charge >= 0.3 is 0 Å². The van der Waals surface area contributed by atoms with Gasteiger partial charge in [0.05, 0.1) is 7.11 Å². The summed E-state index contributed by atoms with van der Waals surface area (Å²) in [6.45, 7) is 4.76. The molecular weight excluding hydrogens is 344 g/mol. The van der Waals surface area contributed by atoms with Gasteiger partial charge in [-0.3, -0.25) is 9.59 Å². The minimum absolute atomic E-state index is 0.00150. The molecule has 1 spiro atoms. The number of carbonyl (C=O) groups is 2. The molecule has 2 fully saturated rings. The number of amides is 2. The van der Waals surface area contributed by atoms with Gasteiger partial charge in [0.15, 0.2) is 0 Å². The average Bonchev–Trinajstić information content (AvgIpc) is 2.98. The fourth-order valence-corrected chi connectivity index (χ4v) is 4.30. The van der Waals surface area contributed by atoms with E-state index in [1.54, 1.807) is 14.2 Å². The van der Waals surface area contributed by atoms with E-state index in [4.69, 9.17) is 9.47 Å². The molecule has 0 unspecified atom stereocenters. The summed E-state index contributed by atoms with van der Waals surface area (Å²) in [6, 6.07) is 7.87. The van der Waals surface area contributed by atoms with E-state index in [2.05, 4.69) is 0 Å². The third-order valence-corrected chi connectivity index (χ3v) is 5.98. The molecule has 0 aromatic heterocycles. The molecule has 27 heavy (non-hydrogen) atoms. The summed E-state index contributed by atoms with van der Waals surface area (Å²) < 4.78 is 10.6. The van der Waals surface area contributed by atoms with Crippen molar-refractivity contribution in [1.29, 1.82) is 0 Å². The van der Waals surface area contributed by atoms with Crippen LogP contribution in [-0.2, 0) is 20.9 Å². The Morgan fingerprint density at radius 2 is 2.00 bits per heavy atom. The van der Waals surface area contributed by atoms with Crippen molar-refractivity contribution in [3.05, 3.63) is 29.8 Å². The van der Waals surface area contributed by atoms with Crippen LogP contribution in [0.3, 0.4) is 0 Å². The molecule has 2 aliphatic heterocycles. The first-order valence-electron chi connectivity index (χ1n) is 9.72. The molecular formula is C21H30N2O4. The second-order valence-corrected chi connectivity index (χ2v) is 7.74. The van der Waals surface area contributed by atoms with Gasteiger partial charge in [0.2, 0.25) is 5.91 Å². The number of likely N-dealkylation sites (tertiary alicyclic amines) is 2. The maximum Gasteiger partial charge on any atom is 0.251 e. The number of piperidine rings is 1. The highest BCUT2D eigenvalue weighted by molar-refractivity contribution is 5.81. The molecule has 1 aromatic rings. The smallest absolute Gasteiger partial charge is 0.251 e. The second kappa shape index (κ2) is 8.30. The molecule has 0 aliphatic carbocycles. The summed E-state index contributed by atoms with van der Waals surface area (Å²) in [7, 11) is 3.24. The number of benzene rings is 1. The van der Waals surface area contributed by atoms with E-state index in [0.717, 1.165) is 30.7 Å². The number of rotatable bonds is 6. The van der Waals surface area contributed by atoms with Crippen LogP contribution in [0.4, 0.5) is 0 Å². The van der Waals surface area contributed by atoms with Gasteiger partial charge in [-0.05, 0) is 37.0 Å². The molecule has 0 N–H and O–H groups in total. The molecule has 2 heterocycles. The summed E-state index contributed by atoms with van der Waals surface area (Å²) in [5, 5.41) is 0. The molecule has 3 rings (SSSR count). The molecule has 2 aliphatic rings. The maximum absolute atomic E-state index is 12.6. The summed E-state index contributed by atoms with van der Waals surface area (Å²) in [5.74, 6) is 1.10. The quantitative estimate of drug-likeness (QED) is 0.767. The monoisotopic (exact) mass is 374 g/mol. The van der Waals surface area contributed by atoms with Crippen LogP contribution in [0.2, 0.25) is 0 Å². The Balaban J connectivity index is 1.59. The van der Waals surface area contributed by atoms with Crippen LogP contribution in [-0.4, -0.2) is 61.6 Å². The standard InChI is InChI=1S/C21H30N2O4/c1-4-18(27-3)20(25)22-10-8-21(9-11-22)13-19(24)23(15-21)14-16-6-5-7-17(12-16)26-2/h5-7,12,18H,4,8-11,13-15H2,1-3H3/t18-/m0/s1. The van der Waals surface area contributed by atoms with E-state index in [1.165, 1.54) is 0 Å². The van der Waals surface area contributed by atoms with Gasteiger partial charge < -0.3 is 19.3 Å². The minimum Gasteiger partial charge on any atom is -0.497 e. The normalized spacial score (nSPS) is 20.2. The molecule has 2 saturated heterocycles. The van der Waals surface area contributed by atoms with Crippen molar-refractivity contribution >= 4 is 11.8 Å². The van der Waals surface area contributed by atoms with Crippen molar-refractivity contribution in [1.82, 2.24) is 9.80 Å². The van der Waals surface area contributed by atoms with Gasteiger partial charge in [-0.2, -0.15) is 0 Å². The van der Waals surface area contributed by atoms with Crippen molar-refractivity contribution in [2.45, 2.75) is 45.3 Å². The average molecular weight is 374 g/mol. The Morgan fingerprint density at radius 3 is 2.63 bits per heavy atom. The van der Waals surface area contributed by atoms with Gasteiger partial charge in [0, 0.05) is 45.1 Å². The van der Waals surface area contributed by atoms with Gasteiger partial charge in [0.1, 0.15) is 11.9 Å². The van der Waals surface area contributed by atoms with E-state index < -0.39 is 0 Å². The highest BCUT2D eigenvalue weighted by Gasteiger charge is 2.45. The summed E-state index contributed by atoms with van der Waals surface area (Å²) in [4.78, 5) is 29.0. The first kappa shape index (κ1) is 19.7. The summed E-state index contributed by atoms with van der Waals surface area (Å²) >= 11 is 0. The number of methoxy groups -OCH3 is 2. The fraction of sp³-hybridized carbons (Fsp3) is 0.619. The highest BCUT2D eigenvalue weighted by Crippen LogP contribution is 2.41. The first-order valence-corrected chi connectivity index (χ1v) is 9.72. The number of hydrogen-bond acceptors (Lipinski definition) is 4. The molecule has 148 valence electrons. The number of hydrogen-bond donors (Lipinski definition) is 0. The predicted octanol–water partition coefficient (Wildman–Crippen LogP) is 2.46. The Kier molecular flexibility index (Phi) is 6.05. The SMILES string of the molecule is CC[C@H](OC)C(=O)N1CCC2(CC1)CC(=O)N(Cc1cccc(OC)c1)C2. The number of ether oxygens (including phenoxy) is 2. The topological polar surface area (TPSA) is 59.1 Å². The zero-order valence-corrected chi connectivity index (χ0v) is 16.6. The zero-order chi connectivity index (χ0) is 19.4. The van der Waals surface area contributed by atoms with E-state index in [9.17, 15) is 9.59 Å². The molecule has 0 saturated carbocycles. The second-order valence-electron chi connectivity index (χ2n) is 7.74. The lowest BCUT2D eigenvalue weighted by atomic mass is 9.77. The van der Waals surface area contributed by atoms with Crippen LogP contribution in [0.5, 0.6) is 5.75 Å². The Labute approximate surface area is 161 Å². The maximum atomic E-state index is 12.6. The van der Waals surface area contributed by atoms with Crippen molar-refractivity contribution < 1.29 is 19.1 Å². The largest absolute Gasteiger partial charge is 0.497 e. The van der Waals surface area contributed by atoms with Crippen LogP contribution < -0.4 is 4.74 Å². The minimum atomic E-state index is -0.353. The predicted molar refractivity (Wildman–Crippen MR) is 102 cm³/mol. The van der Waals surface area contributed by atoms with Gasteiger partial charge in [-0.25, -0.2) is 0 Å². The Bertz CT molecular complexity index is 679. The lowest BCUT2D eigenvalue weighted by Gasteiger charge is -2.39. The van der Waals surface area contributed by atoms with Crippen LogP contribution >= 0.6 is 0 Å². The van der Waals surface area contributed by atoms with Crippen molar-refractivity contribution in [2.75, 3.05) is 33.9 Å². The molecule has 1 aromatic carbocycles.